The van der Waals surface area contributed by atoms with Crippen molar-refractivity contribution in [1.29, 1.82) is 0 Å². The highest BCUT2D eigenvalue weighted by molar-refractivity contribution is 5.77. The maximum atomic E-state index is 12.2. The van der Waals surface area contributed by atoms with Gasteiger partial charge in [-0.05, 0) is 63.5 Å². The van der Waals surface area contributed by atoms with Crippen molar-refractivity contribution in [2.75, 3.05) is 26.2 Å². The maximum Gasteiger partial charge on any atom is 0.258 e. The van der Waals surface area contributed by atoms with Crippen LogP contribution in [0.15, 0.2) is 41.0 Å². The lowest BCUT2D eigenvalue weighted by atomic mass is 10.1. The number of rotatable bonds is 7. The molecule has 1 saturated heterocycles. The van der Waals surface area contributed by atoms with Crippen molar-refractivity contribution in [2.45, 2.75) is 32.7 Å². The van der Waals surface area contributed by atoms with E-state index in [4.69, 9.17) is 9.15 Å². The molecule has 134 valence electrons. The zero-order valence-electron chi connectivity index (χ0n) is 15.0. The standard InChI is InChI=1S/C20H26N2O3/c1-15-7-8-18(16(2)12-15)25-14-20(23)21-13-17(19-6-5-11-24-19)22-9-3-4-10-22/h5-8,11-12,17H,3-4,9-10,13-14H2,1-2H3,(H,21,23). The Balaban J connectivity index is 1.53. The number of benzene rings is 1. The first-order valence-corrected chi connectivity index (χ1v) is 8.87. The molecule has 1 atom stereocenters. The molecule has 1 aromatic carbocycles. The third-order valence-corrected chi connectivity index (χ3v) is 4.63. The summed E-state index contributed by atoms with van der Waals surface area (Å²) in [5.41, 5.74) is 2.22. The van der Waals surface area contributed by atoms with E-state index >= 15 is 0 Å². The summed E-state index contributed by atoms with van der Waals surface area (Å²) >= 11 is 0. The molecule has 1 fully saturated rings. The largest absolute Gasteiger partial charge is 0.484 e. The number of nitrogens with zero attached hydrogens (tertiary/aromatic N) is 1. The molecule has 2 heterocycles. The van der Waals surface area contributed by atoms with E-state index in [1.54, 1.807) is 6.26 Å². The van der Waals surface area contributed by atoms with Crippen LogP contribution in [0.5, 0.6) is 5.75 Å². The topological polar surface area (TPSA) is 54.7 Å². The molecule has 25 heavy (non-hydrogen) atoms. The number of amides is 1. The molecule has 5 nitrogen and oxygen atoms in total. The van der Waals surface area contributed by atoms with Gasteiger partial charge in [-0.15, -0.1) is 0 Å². The molecule has 3 rings (SSSR count). The molecule has 1 amide bonds. The Labute approximate surface area is 149 Å². The first kappa shape index (κ1) is 17.5. The molecule has 2 aromatic rings. The van der Waals surface area contributed by atoms with Gasteiger partial charge in [-0.3, -0.25) is 9.69 Å². The van der Waals surface area contributed by atoms with E-state index in [0.717, 1.165) is 30.2 Å². The van der Waals surface area contributed by atoms with Crippen molar-refractivity contribution in [3.63, 3.8) is 0 Å². The highest BCUT2D eigenvalue weighted by Crippen LogP contribution is 2.25. The van der Waals surface area contributed by atoms with E-state index < -0.39 is 0 Å². The first-order valence-electron chi connectivity index (χ1n) is 8.87. The molecule has 1 aromatic heterocycles. The predicted octanol–water partition coefficient (Wildman–Crippen LogP) is 3.23. The number of furan rings is 1. The van der Waals surface area contributed by atoms with Gasteiger partial charge in [-0.25, -0.2) is 0 Å². The second kappa shape index (κ2) is 8.21. The highest BCUT2D eigenvalue weighted by Gasteiger charge is 2.25. The fraction of sp³-hybridized carbons (Fsp3) is 0.450. The Morgan fingerprint density at radius 3 is 2.76 bits per heavy atom. The van der Waals surface area contributed by atoms with Crippen molar-refractivity contribution in [3.8, 4) is 5.75 Å². The van der Waals surface area contributed by atoms with Crippen LogP contribution in [0.2, 0.25) is 0 Å². The van der Waals surface area contributed by atoms with Gasteiger partial charge in [0, 0.05) is 6.54 Å². The summed E-state index contributed by atoms with van der Waals surface area (Å²) in [5.74, 6) is 1.54. The Kier molecular flexibility index (Phi) is 5.76. The third kappa shape index (κ3) is 4.63. The first-order chi connectivity index (χ1) is 12.1. The molecular weight excluding hydrogens is 316 g/mol. The monoisotopic (exact) mass is 342 g/mol. The van der Waals surface area contributed by atoms with E-state index in [1.165, 1.54) is 18.4 Å². The van der Waals surface area contributed by atoms with Crippen LogP contribution in [0.1, 0.15) is 35.8 Å². The van der Waals surface area contributed by atoms with Crippen LogP contribution in [-0.4, -0.2) is 37.0 Å². The van der Waals surface area contributed by atoms with Gasteiger partial charge in [-0.2, -0.15) is 0 Å². The van der Waals surface area contributed by atoms with Gasteiger partial charge in [0.25, 0.3) is 5.91 Å². The van der Waals surface area contributed by atoms with Gasteiger partial charge in [0.05, 0.1) is 12.3 Å². The molecule has 0 radical (unpaired) electrons. The summed E-state index contributed by atoms with van der Waals surface area (Å²) in [5, 5.41) is 2.98. The lowest BCUT2D eigenvalue weighted by molar-refractivity contribution is -0.123. The minimum absolute atomic E-state index is 0.0226. The fourth-order valence-electron chi connectivity index (χ4n) is 3.31. The van der Waals surface area contributed by atoms with Crippen LogP contribution in [0.4, 0.5) is 0 Å². The van der Waals surface area contributed by atoms with Crippen molar-refractivity contribution in [3.05, 3.63) is 53.5 Å². The SMILES string of the molecule is Cc1ccc(OCC(=O)NCC(c2ccco2)N2CCCC2)c(C)c1. The second-order valence-corrected chi connectivity index (χ2v) is 6.64. The van der Waals surface area contributed by atoms with E-state index in [-0.39, 0.29) is 18.6 Å². The molecule has 5 heteroatoms. The van der Waals surface area contributed by atoms with Gasteiger partial charge in [-0.1, -0.05) is 17.7 Å². The van der Waals surface area contributed by atoms with Crippen LogP contribution in [-0.2, 0) is 4.79 Å². The average Bonchev–Trinajstić information content (AvgIpc) is 3.28. The summed E-state index contributed by atoms with van der Waals surface area (Å²) in [4.78, 5) is 14.6. The van der Waals surface area contributed by atoms with Gasteiger partial charge in [0.2, 0.25) is 0 Å². The number of ether oxygens (including phenoxy) is 1. The van der Waals surface area contributed by atoms with E-state index in [2.05, 4.69) is 10.2 Å². The number of carbonyl (C=O) groups excluding carboxylic acids is 1. The highest BCUT2D eigenvalue weighted by atomic mass is 16.5. The number of hydrogen-bond acceptors (Lipinski definition) is 4. The Hall–Kier alpha value is -2.27. The summed E-state index contributed by atoms with van der Waals surface area (Å²) in [7, 11) is 0. The second-order valence-electron chi connectivity index (χ2n) is 6.64. The quantitative estimate of drug-likeness (QED) is 0.839. The maximum absolute atomic E-state index is 12.2. The van der Waals surface area contributed by atoms with E-state index in [9.17, 15) is 4.79 Å². The molecule has 0 aliphatic carbocycles. The van der Waals surface area contributed by atoms with E-state index in [0.29, 0.717) is 6.54 Å². The third-order valence-electron chi connectivity index (χ3n) is 4.63. The fourth-order valence-corrected chi connectivity index (χ4v) is 3.31. The normalized spacial score (nSPS) is 15.9. The van der Waals surface area contributed by atoms with Crippen molar-refractivity contribution in [2.24, 2.45) is 0 Å². The minimum atomic E-state index is -0.115. The number of likely N-dealkylation sites (tertiary alicyclic amines) is 1. The van der Waals surface area contributed by atoms with E-state index in [1.807, 2.05) is 44.2 Å². The number of aryl methyl sites for hydroxylation is 2. The predicted molar refractivity (Wildman–Crippen MR) is 96.7 cm³/mol. The molecule has 1 N–H and O–H groups in total. The molecule has 1 unspecified atom stereocenters. The minimum Gasteiger partial charge on any atom is -0.484 e. The number of hydrogen-bond donors (Lipinski definition) is 1. The molecule has 0 saturated carbocycles. The van der Waals surface area contributed by atoms with Crippen LogP contribution in [0.3, 0.4) is 0 Å². The van der Waals surface area contributed by atoms with Crippen LogP contribution < -0.4 is 10.1 Å². The zero-order valence-corrected chi connectivity index (χ0v) is 15.0. The molecular formula is C20H26N2O3. The summed E-state index contributed by atoms with van der Waals surface area (Å²) in [6, 6.07) is 9.90. The Bertz CT molecular complexity index is 691. The van der Waals surface area contributed by atoms with Gasteiger partial charge in [0.15, 0.2) is 6.61 Å². The molecule has 0 spiro atoms. The molecule has 1 aliphatic heterocycles. The number of nitrogens with one attached hydrogen (secondary N) is 1. The lowest BCUT2D eigenvalue weighted by Crippen LogP contribution is -2.38. The van der Waals surface area contributed by atoms with Crippen LogP contribution >= 0.6 is 0 Å². The Morgan fingerprint density at radius 2 is 2.08 bits per heavy atom. The van der Waals surface area contributed by atoms with Crippen molar-refractivity contribution in [1.82, 2.24) is 10.2 Å². The average molecular weight is 342 g/mol. The zero-order chi connectivity index (χ0) is 17.6. The smallest absolute Gasteiger partial charge is 0.258 e. The summed E-state index contributed by atoms with van der Waals surface area (Å²) in [6.07, 6.45) is 4.07. The van der Waals surface area contributed by atoms with Crippen LogP contribution in [0, 0.1) is 13.8 Å². The summed E-state index contributed by atoms with van der Waals surface area (Å²) < 4.78 is 11.2. The van der Waals surface area contributed by atoms with Crippen LogP contribution in [0.25, 0.3) is 0 Å². The van der Waals surface area contributed by atoms with Gasteiger partial charge < -0.3 is 14.5 Å². The van der Waals surface area contributed by atoms with Crippen molar-refractivity contribution < 1.29 is 13.9 Å². The molecule has 1 aliphatic rings. The van der Waals surface area contributed by atoms with Gasteiger partial charge in [0.1, 0.15) is 11.5 Å². The van der Waals surface area contributed by atoms with Crippen molar-refractivity contribution >= 4 is 5.91 Å². The van der Waals surface area contributed by atoms with Gasteiger partial charge >= 0.3 is 0 Å². The Morgan fingerprint density at radius 1 is 1.28 bits per heavy atom. The molecule has 0 bridgehead atoms. The lowest BCUT2D eigenvalue weighted by Gasteiger charge is -2.26. The summed E-state index contributed by atoms with van der Waals surface area (Å²) in [6.45, 7) is 6.66. The number of carbonyl (C=O) groups is 1.